The van der Waals surface area contributed by atoms with Crippen LogP contribution in [0.25, 0.3) is 0 Å². The Morgan fingerprint density at radius 2 is 1.46 bits per heavy atom. The predicted molar refractivity (Wildman–Crippen MR) is 90.0 cm³/mol. The number of carbonyl (C=O) groups is 3. The third-order valence-electron chi connectivity index (χ3n) is 3.09. The first-order chi connectivity index (χ1) is 11.4. The van der Waals surface area contributed by atoms with Crippen LogP contribution in [-0.4, -0.2) is 37.7 Å². The van der Waals surface area contributed by atoms with Crippen molar-refractivity contribution in [2.75, 3.05) is 19.8 Å². The fourth-order valence-corrected chi connectivity index (χ4v) is 1.92. The minimum atomic E-state index is -1.47. The summed E-state index contributed by atoms with van der Waals surface area (Å²) >= 11 is 0. The van der Waals surface area contributed by atoms with Gasteiger partial charge in [0.25, 0.3) is 0 Å². The summed E-state index contributed by atoms with van der Waals surface area (Å²) in [6, 6.07) is 0. The van der Waals surface area contributed by atoms with Gasteiger partial charge in [-0.25, -0.2) is 0 Å². The second-order valence-corrected chi connectivity index (χ2v) is 4.87. The molecule has 0 aromatic heterocycles. The number of esters is 3. The lowest BCUT2D eigenvalue weighted by atomic mass is 9.80. The molecule has 6 heteroatoms. The molecule has 0 aromatic carbocycles. The smallest absolute Gasteiger partial charge is 0.324 e. The van der Waals surface area contributed by atoms with Crippen LogP contribution in [0.4, 0.5) is 0 Å². The number of hydrogen-bond donors (Lipinski definition) is 0. The summed E-state index contributed by atoms with van der Waals surface area (Å²) in [6.07, 6.45) is 8.25. The fraction of sp³-hybridized carbons (Fsp3) is 0.500. The zero-order valence-corrected chi connectivity index (χ0v) is 14.6. The van der Waals surface area contributed by atoms with Crippen molar-refractivity contribution in [1.29, 1.82) is 0 Å². The van der Waals surface area contributed by atoms with Gasteiger partial charge in [-0.05, 0) is 26.7 Å². The summed E-state index contributed by atoms with van der Waals surface area (Å²) in [5.74, 6) is -1.70. The summed E-state index contributed by atoms with van der Waals surface area (Å²) < 4.78 is 14.9. The molecule has 24 heavy (non-hydrogen) atoms. The lowest BCUT2D eigenvalue weighted by Gasteiger charge is -2.27. The number of ether oxygens (including phenoxy) is 3. The van der Waals surface area contributed by atoms with Gasteiger partial charge in [-0.3, -0.25) is 14.4 Å². The van der Waals surface area contributed by atoms with Crippen LogP contribution in [0.15, 0.2) is 37.0 Å². The van der Waals surface area contributed by atoms with Crippen molar-refractivity contribution in [3.8, 4) is 0 Å². The highest BCUT2D eigenvalue weighted by atomic mass is 16.6. The first-order valence-corrected chi connectivity index (χ1v) is 7.85. The van der Waals surface area contributed by atoms with Crippen molar-refractivity contribution in [2.45, 2.75) is 33.6 Å². The van der Waals surface area contributed by atoms with Crippen molar-refractivity contribution in [3.05, 3.63) is 37.0 Å². The van der Waals surface area contributed by atoms with Gasteiger partial charge < -0.3 is 14.2 Å². The van der Waals surface area contributed by atoms with Gasteiger partial charge in [0.1, 0.15) is 6.61 Å². The van der Waals surface area contributed by atoms with E-state index in [2.05, 4.69) is 6.58 Å². The van der Waals surface area contributed by atoms with E-state index in [1.54, 1.807) is 44.2 Å². The van der Waals surface area contributed by atoms with Crippen molar-refractivity contribution in [1.82, 2.24) is 0 Å². The van der Waals surface area contributed by atoms with E-state index in [9.17, 15) is 14.4 Å². The zero-order valence-electron chi connectivity index (χ0n) is 14.6. The Kier molecular flexibility index (Phi) is 10.9. The van der Waals surface area contributed by atoms with E-state index in [0.717, 1.165) is 0 Å². The topological polar surface area (TPSA) is 78.9 Å². The molecule has 0 atom stereocenters. The predicted octanol–water partition coefficient (Wildman–Crippen LogP) is 2.74. The normalized spacial score (nSPS) is 11.5. The average Bonchev–Trinajstić information content (AvgIpc) is 2.53. The molecule has 6 nitrogen and oxygen atoms in total. The maximum Gasteiger partial charge on any atom is 0.324 e. The number of rotatable bonds is 11. The van der Waals surface area contributed by atoms with E-state index in [4.69, 9.17) is 14.2 Å². The molecule has 0 rings (SSSR count). The number of allylic oxidation sites excluding steroid dienone is 4. The van der Waals surface area contributed by atoms with Crippen molar-refractivity contribution < 1.29 is 28.6 Å². The first kappa shape index (κ1) is 21.6. The summed E-state index contributed by atoms with van der Waals surface area (Å²) in [4.78, 5) is 35.6. The molecule has 0 N–H and O–H groups in total. The minimum Gasteiger partial charge on any atom is -0.465 e. The second kappa shape index (κ2) is 12.1. The Morgan fingerprint density at radius 1 is 0.917 bits per heavy atom. The summed E-state index contributed by atoms with van der Waals surface area (Å²) in [6.45, 7) is 8.59. The molecule has 0 saturated heterocycles. The number of carbonyl (C=O) groups excluding carboxylic acids is 3. The molecule has 0 amide bonds. The molecule has 0 bridgehead atoms. The molecule has 0 heterocycles. The molecule has 0 aliphatic carbocycles. The van der Waals surface area contributed by atoms with Gasteiger partial charge in [0, 0.05) is 6.92 Å². The van der Waals surface area contributed by atoms with Gasteiger partial charge in [-0.1, -0.05) is 37.0 Å². The van der Waals surface area contributed by atoms with Crippen LogP contribution in [0.1, 0.15) is 33.6 Å². The van der Waals surface area contributed by atoms with E-state index in [1.165, 1.54) is 6.92 Å². The second-order valence-electron chi connectivity index (χ2n) is 4.87. The lowest BCUT2D eigenvalue weighted by molar-refractivity contribution is -0.171. The van der Waals surface area contributed by atoms with Crippen LogP contribution >= 0.6 is 0 Å². The van der Waals surface area contributed by atoms with E-state index >= 15 is 0 Å². The molecule has 0 saturated carbocycles. The van der Waals surface area contributed by atoms with Gasteiger partial charge in [0.2, 0.25) is 0 Å². The van der Waals surface area contributed by atoms with Crippen LogP contribution in [0.5, 0.6) is 0 Å². The van der Waals surface area contributed by atoms with Gasteiger partial charge in [-0.2, -0.15) is 0 Å². The van der Waals surface area contributed by atoms with E-state index in [1.807, 2.05) is 0 Å². The van der Waals surface area contributed by atoms with E-state index < -0.39 is 23.3 Å². The fourth-order valence-electron chi connectivity index (χ4n) is 1.92. The largest absolute Gasteiger partial charge is 0.465 e. The summed E-state index contributed by atoms with van der Waals surface area (Å²) in [5, 5.41) is 0. The van der Waals surface area contributed by atoms with E-state index in [-0.39, 0.29) is 32.7 Å². The molecule has 134 valence electrons. The minimum absolute atomic E-state index is 0.0690. The van der Waals surface area contributed by atoms with Crippen LogP contribution in [0.3, 0.4) is 0 Å². The van der Waals surface area contributed by atoms with E-state index in [0.29, 0.717) is 0 Å². The van der Waals surface area contributed by atoms with Gasteiger partial charge in [-0.15, -0.1) is 0 Å². The van der Waals surface area contributed by atoms with Crippen molar-refractivity contribution >= 4 is 17.9 Å². The first-order valence-electron chi connectivity index (χ1n) is 7.85. The third-order valence-corrected chi connectivity index (χ3v) is 3.09. The maximum absolute atomic E-state index is 12.4. The van der Waals surface area contributed by atoms with Gasteiger partial charge >= 0.3 is 17.9 Å². The molecule has 0 aromatic rings. The highest BCUT2D eigenvalue weighted by molar-refractivity contribution is 6.00. The van der Waals surface area contributed by atoms with Crippen LogP contribution < -0.4 is 0 Å². The Balaban J connectivity index is 5.40. The zero-order chi connectivity index (χ0) is 18.4. The van der Waals surface area contributed by atoms with Crippen LogP contribution in [0.2, 0.25) is 0 Å². The average molecular weight is 338 g/mol. The molecule has 0 aliphatic heterocycles. The molecule has 0 spiro atoms. The van der Waals surface area contributed by atoms with Crippen molar-refractivity contribution in [3.63, 3.8) is 0 Å². The molecule has 0 unspecified atom stereocenters. The van der Waals surface area contributed by atoms with Crippen molar-refractivity contribution in [2.24, 2.45) is 5.41 Å². The SMILES string of the molecule is C=C/C=C/CC(C/C=C/COC(C)=O)(C(=O)OCC)C(=O)OCC. The van der Waals surface area contributed by atoms with Gasteiger partial charge in [0.15, 0.2) is 5.41 Å². The molecule has 0 fully saturated rings. The van der Waals surface area contributed by atoms with Gasteiger partial charge in [0.05, 0.1) is 13.2 Å². The molecule has 0 aliphatic rings. The molecular weight excluding hydrogens is 312 g/mol. The Hall–Kier alpha value is -2.37. The molecular formula is C18H26O6. The quantitative estimate of drug-likeness (QED) is 0.189. The van der Waals surface area contributed by atoms with Crippen LogP contribution in [-0.2, 0) is 28.6 Å². The Bertz CT molecular complexity index is 472. The monoisotopic (exact) mass is 338 g/mol. The summed E-state index contributed by atoms with van der Waals surface area (Å²) in [7, 11) is 0. The highest BCUT2D eigenvalue weighted by Crippen LogP contribution is 2.32. The lowest BCUT2D eigenvalue weighted by Crippen LogP contribution is -2.41. The number of hydrogen-bond acceptors (Lipinski definition) is 6. The Morgan fingerprint density at radius 3 is 1.92 bits per heavy atom. The Labute approximate surface area is 143 Å². The maximum atomic E-state index is 12.4. The third kappa shape index (κ3) is 7.26. The summed E-state index contributed by atoms with van der Waals surface area (Å²) in [5.41, 5.74) is -1.47. The highest BCUT2D eigenvalue weighted by Gasteiger charge is 2.47. The van der Waals surface area contributed by atoms with Crippen LogP contribution in [0, 0.1) is 5.41 Å². The molecule has 0 radical (unpaired) electrons. The standard InChI is InChI=1S/C18H26O6/c1-5-8-9-12-18(16(20)22-6-2,17(21)23-7-3)13-10-11-14-24-15(4)19/h5,8-11H,1,6-7,12-14H2,2-4H3/b9-8+,11-10+.